The average molecular weight is 1010 g/mol. The first-order valence-electron chi connectivity index (χ1n) is 32.6. The fraction of sp³-hybridized carbons (Fsp3) is 0.909. The van der Waals surface area contributed by atoms with E-state index < -0.39 is 12.1 Å². The molecule has 1 amide bonds. The van der Waals surface area contributed by atoms with E-state index in [-0.39, 0.29) is 18.5 Å². The second-order valence-electron chi connectivity index (χ2n) is 22.5. The van der Waals surface area contributed by atoms with E-state index in [1.165, 1.54) is 289 Å². The molecule has 6 heteroatoms. The molecule has 0 aromatic carbocycles. The Labute approximate surface area is 450 Å². The molecule has 0 saturated heterocycles. The number of allylic oxidation sites excluding steroid dienone is 3. The molecule has 0 aromatic rings. The van der Waals surface area contributed by atoms with Crippen LogP contribution < -0.4 is 5.32 Å². The van der Waals surface area contributed by atoms with Gasteiger partial charge in [0.2, 0.25) is 5.91 Å². The van der Waals surface area contributed by atoms with E-state index in [2.05, 4.69) is 31.3 Å². The van der Waals surface area contributed by atoms with E-state index in [0.29, 0.717) is 19.4 Å². The lowest BCUT2D eigenvalue weighted by atomic mass is 10.0. The Bertz CT molecular complexity index is 1120. The first-order valence-corrected chi connectivity index (χ1v) is 32.6. The molecule has 0 bridgehead atoms. The predicted molar refractivity (Wildman–Crippen MR) is 315 cm³/mol. The molecule has 2 atom stereocenters. The largest absolute Gasteiger partial charge is 0.466 e. The number of esters is 1. The van der Waals surface area contributed by atoms with Crippen molar-refractivity contribution in [2.45, 2.75) is 373 Å². The van der Waals surface area contributed by atoms with Gasteiger partial charge >= 0.3 is 5.97 Å². The molecule has 0 aliphatic heterocycles. The lowest BCUT2D eigenvalue weighted by Gasteiger charge is -2.20. The molecular formula is C66H127NO5. The highest BCUT2D eigenvalue weighted by Gasteiger charge is 2.18. The van der Waals surface area contributed by atoms with E-state index in [1.807, 2.05) is 6.08 Å². The molecule has 0 heterocycles. The fourth-order valence-corrected chi connectivity index (χ4v) is 10.2. The second kappa shape index (κ2) is 61.9. The molecule has 6 nitrogen and oxygen atoms in total. The lowest BCUT2D eigenvalue weighted by Crippen LogP contribution is -2.45. The summed E-state index contributed by atoms with van der Waals surface area (Å²) in [5.74, 6) is -0.0542. The molecule has 0 rings (SSSR count). The third-order valence-corrected chi connectivity index (χ3v) is 15.2. The Hall–Kier alpha value is -1.66. The number of aliphatic hydroxyl groups excluding tert-OH is 2. The van der Waals surface area contributed by atoms with Gasteiger partial charge in [-0.1, -0.05) is 314 Å². The zero-order chi connectivity index (χ0) is 52.2. The summed E-state index contributed by atoms with van der Waals surface area (Å²) in [7, 11) is 0. The molecule has 0 aliphatic rings. The lowest BCUT2D eigenvalue weighted by molar-refractivity contribution is -0.143. The van der Waals surface area contributed by atoms with Gasteiger partial charge in [0.15, 0.2) is 0 Å². The number of aliphatic hydroxyl groups is 2. The molecule has 2 unspecified atom stereocenters. The van der Waals surface area contributed by atoms with E-state index >= 15 is 0 Å². The zero-order valence-corrected chi connectivity index (χ0v) is 48.7. The normalized spacial score (nSPS) is 12.7. The Morgan fingerprint density at radius 2 is 0.653 bits per heavy atom. The van der Waals surface area contributed by atoms with Crippen molar-refractivity contribution in [2.75, 3.05) is 13.2 Å². The quantitative estimate of drug-likeness (QED) is 0.0320. The summed E-state index contributed by atoms with van der Waals surface area (Å²) in [4.78, 5) is 24.5. The van der Waals surface area contributed by atoms with Crippen LogP contribution in [0.1, 0.15) is 361 Å². The highest BCUT2D eigenvalue weighted by molar-refractivity contribution is 5.76. The Balaban J connectivity index is 3.36. The fourth-order valence-electron chi connectivity index (χ4n) is 10.2. The van der Waals surface area contributed by atoms with Crippen molar-refractivity contribution in [3.8, 4) is 0 Å². The van der Waals surface area contributed by atoms with Crippen LogP contribution in [0.4, 0.5) is 0 Å². The third kappa shape index (κ3) is 57.6. The molecule has 0 fully saturated rings. The highest BCUT2D eigenvalue weighted by Crippen LogP contribution is 2.18. The molecule has 0 aromatic heterocycles. The summed E-state index contributed by atoms with van der Waals surface area (Å²) < 4.78 is 5.47. The van der Waals surface area contributed by atoms with Crippen molar-refractivity contribution in [2.24, 2.45) is 0 Å². The van der Waals surface area contributed by atoms with Crippen LogP contribution in [-0.4, -0.2) is 47.4 Å². The van der Waals surface area contributed by atoms with Gasteiger partial charge in [0.25, 0.3) is 0 Å². The number of unbranched alkanes of at least 4 members (excludes halogenated alkanes) is 48. The minimum Gasteiger partial charge on any atom is -0.466 e. The molecule has 0 aliphatic carbocycles. The van der Waals surface area contributed by atoms with Gasteiger partial charge in [-0.25, -0.2) is 0 Å². The summed E-state index contributed by atoms with van der Waals surface area (Å²) in [5, 5.41) is 23.1. The number of carbonyl (C=O) groups is 2. The van der Waals surface area contributed by atoms with Crippen LogP contribution in [-0.2, 0) is 14.3 Å². The van der Waals surface area contributed by atoms with Crippen molar-refractivity contribution in [3.63, 3.8) is 0 Å². The van der Waals surface area contributed by atoms with Gasteiger partial charge < -0.3 is 20.3 Å². The van der Waals surface area contributed by atoms with Crippen LogP contribution in [0.2, 0.25) is 0 Å². The number of hydrogen-bond donors (Lipinski definition) is 3. The van der Waals surface area contributed by atoms with Crippen LogP contribution in [0, 0.1) is 0 Å². The van der Waals surface area contributed by atoms with E-state index in [0.717, 1.165) is 44.9 Å². The summed E-state index contributed by atoms with van der Waals surface area (Å²) in [5.41, 5.74) is 0. The highest BCUT2D eigenvalue weighted by atomic mass is 16.5. The van der Waals surface area contributed by atoms with Crippen LogP contribution in [0.15, 0.2) is 24.3 Å². The Kier molecular flexibility index (Phi) is 60.5. The van der Waals surface area contributed by atoms with Crippen molar-refractivity contribution >= 4 is 11.9 Å². The maximum Gasteiger partial charge on any atom is 0.305 e. The number of carbonyl (C=O) groups excluding carboxylic acids is 2. The van der Waals surface area contributed by atoms with Gasteiger partial charge in [0, 0.05) is 12.8 Å². The van der Waals surface area contributed by atoms with Gasteiger partial charge in [-0.2, -0.15) is 0 Å². The number of hydrogen-bond acceptors (Lipinski definition) is 5. The van der Waals surface area contributed by atoms with Crippen molar-refractivity contribution in [1.82, 2.24) is 5.32 Å². The smallest absolute Gasteiger partial charge is 0.305 e. The minimum absolute atomic E-state index is 0.00859. The Morgan fingerprint density at radius 1 is 0.375 bits per heavy atom. The number of rotatable bonds is 61. The molecule has 0 spiro atoms. The minimum atomic E-state index is -0.841. The van der Waals surface area contributed by atoms with Crippen LogP contribution in [0.5, 0.6) is 0 Å². The first kappa shape index (κ1) is 70.3. The summed E-state index contributed by atoms with van der Waals surface area (Å²) in [6.07, 6.45) is 76.7. The molecule has 72 heavy (non-hydrogen) atoms. The van der Waals surface area contributed by atoms with Crippen LogP contribution in [0.3, 0.4) is 0 Å². The molecule has 3 N–H and O–H groups in total. The SMILES string of the molecule is CCCCC/C=C\CCCCCCCC(=O)OCCCCCCCCCCCCCCCCCCCCCCCCCCCCCCC(=O)NC(CO)C(O)/C=C/CCCCCCCCCCCCCCC. The summed E-state index contributed by atoms with van der Waals surface area (Å²) in [6, 6.07) is -0.625. The van der Waals surface area contributed by atoms with E-state index in [4.69, 9.17) is 4.74 Å². The number of nitrogens with one attached hydrogen (secondary N) is 1. The van der Waals surface area contributed by atoms with E-state index in [1.54, 1.807) is 6.08 Å². The maximum atomic E-state index is 12.5. The van der Waals surface area contributed by atoms with Crippen LogP contribution in [0.25, 0.3) is 0 Å². The molecule has 0 saturated carbocycles. The standard InChI is InChI=1S/C66H127NO5/c1-3-5-7-9-11-13-15-17-32-35-38-42-46-50-54-58-64(69)63(62-68)67-65(70)59-55-51-47-43-39-36-33-30-28-26-24-22-20-18-19-21-23-25-27-29-31-34-37-41-45-49-53-57-61-72-66(71)60-56-52-48-44-40-16-14-12-10-8-6-4-2/h12,14,54,58,63-64,68-69H,3-11,13,15-53,55-57,59-62H2,1-2H3,(H,67,70)/b14-12-,58-54+. The van der Waals surface area contributed by atoms with Crippen LogP contribution >= 0.6 is 0 Å². The van der Waals surface area contributed by atoms with Crippen molar-refractivity contribution in [3.05, 3.63) is 24.3 Å². The van der Waals surface area contributed by atoms with Gasteiger partial charge in [-0.15, -0.1) is 0 Å². The van der Waals surface area contributed by atoms with Gasteiger partial charge in [-0.05, 0) is 57.8 Å². The molecule has 426 valence electrons. The van der Waals surface area contributed by atoms with Gasteiger partial charge in [0.1, 0.15) is 0 Å². The monoisotopic (exact) mass is 1010 g/mol. The van der Waals surface area contributed by atoms with Gasteiger partial charge in [0.05, 0.1) is 25.4 Å². The molecular weight excluding hydrogens is 887 g/mol. The summed E-state index contributed by atoms with van der Waals surface area (Å²) >= 11 is 0. The average Bonchev–Trinajstić information content (AvgIpc) is 3.38. The van der Waals surface area contributed by atoms with Crippen molar-refractivity contribution < 1.29 is 24.5 Å². The second-order valence-corrected chi connectivity index (χ2v) is 22.5. The zero-order valence-electron chi connectivity index (χ0n) is 48.7. The van der Waals surface area contributed by atoms with Gasteiger partial charge in [-0.3, -0.25) is 9.59 Å². The van der Waals surface area contributed by atoms with Crippen molar-refractivity contribution in [1.29, 1.82) is 0 Å². The number of ether oxygens (including phenoxy) is 1. The number of amides is 1. The molecule has 0 radical (unpaired) electrons. The topological polar surface area (TPSA) is 95.9 Å². The Morgan fingerprint density at radius 3 is 1.01 bits per heavy atom. The third-order valence-electron chi connectivity index (χ3n) is 15.2. The predicted octanol–water partition coefficient (Wildman–Crippen LogP) is 20.6. The summed E-state index contributed by atoms with van der Waals surface area (Å²) in [6.45, 7) is 4.90. The van der Waals surface area contributed by atoms with E-state index in [9.17, 15) is 19.8 Å². The first-order chi connectivity index (χ1) is 35.5. The maximum absolute atomic E-state index is 12.5.